The molecule has 7 heteroatoms. The summed E-state index contributed by atoms with van der Waals surface area (Å²) in [6.07, 6.45) is 0. The van der Waals surface area contributed by atoms with Crippen molar-refractivity contribution in [3.8, 4) is 17.2 Å². The molecule has 6 nitrogen and oxygen atoms in total. The molecular formula is C19H27N3O3S. The monoisotopic (exact) mass is 377 g/mol. The Bertz CT molecular complexity index is 717. The van der Waals surface area contributed by atoms with Crippen LogP contribution in [-0.2, 0) is 12.0 Å². The van der Waals surface area contributed by atoms with Crippen LogP contribution in [0.25, 0.3) is 0 Å². The molecule has 0 fully saturated rings. The molecule has 3 N–H and O–H groups in total. The van der Waals surface area contributed by atoms with Crippen molar-refractivity contribution in [1.29, 1.82) is 0 Å². The van der Waals surface area contributed by atoms with Gasteiger partial charge in [-0.05, 0) is 29.1 Å². The van der Waals surface area contributed by atoms with Gasteiger partial charge in [0, 0.05) is 30.4 Å². The number of hydrogen-bond donors (Lipinski definition) is 3. The number of hydrogen-bond acceptors (Lipinski definition) is 5. The molecule has 142 valence electrons. The highest BCUT2D eigenvalue weighted by Gasteiger charge is 2.22. The van der Waals surface area contributed by atoms with Crippen LogP contribution in [0.3, 0.4) is 0 Å². The van der Waals surface area contributed by atoms with E-state index in [1.54, 1.807) is 30.5 Å². The Morgan fingerprint density at radius 3 is 2.35 bits per heavy atom. The van der Waals surface area contributed by atoms with E-state index in [4.69, 9.17) is 9.47 Å². The third-order valence-corrected chi connectivity index (χ3v) is 5.34. The summed E-state index contributed by atoms with van der Waals surface area (Å²) in [7, 11) is 4.77. The van der Waals surface area contributed by atoms with Crippen molar-refractivity contribution in [2.75, 3.05) is 27.8 Å². The Labute approximate surface area is 158 Å². The number of methoxy groups -OCH3 is 2. The molecule has 0 bridgehead atoms. The minimum absolute atomic E-state index is 0.000968. The molecule has 2 rings (SSSR count). The fraction of sp³-hybridized carbons (Fsp3) is 0.421. The molecule has 26 heavy (non-hydrogen) atoms. The zero-order chi connectivity index (χ0) is 19.2. The zero-order valence-electron chi connectivity index (χ0n) is 15.9. The van der Waals surface area contributed by atoms with Crippen molar-refractivity contribution >= 4 is 17.3 Å². The lowest BCUT2D eigenvalue weighted by molar-refractivity contribution is 0.339. The molecule has 0 saturated carbocycles. The molecule has 0 unspecified atom stereocenters. The van der Waals surface area contributed by atoms with Crippen LogP contribution in [0.15, 0.2) is 34.6 Å². The Hall–Kier alpha value is -2.41. The van der Waals surface area contributed by atoms with E-state index in [2.05, 4.69) is 47.0 Å². The molecule has 1 heterocycles. The average molecular weight is 378 g/mol. The third-order valence-electron chi connectivity index (χ3n) is 4.11. The Balaban J connectivity index is 1.99. The molecule has 0 saturated heterocycles. The van der Waals surface area contributed by atoms with E-state index in [1.165, 1.54) is 19.1 Å². The summed E-state index contributed by atoms with van der Waals surface area (Å²) in [5.74, 6) is 1.46. The summed E-state index contributed by atoms with van der Waals surface area (Å²) in [6.45, 7) is 5.69. The molecule has 0 aliphatic heterocycles. The normalized spacial score (nSPS) is 12.0. The van der Waals surface area contributed by atoms with Crippen LogP contribution in [-0.4, -0.2) is 38.9 Å². The summed E-state index contributed by atoms with van der Waals surface area (Å²) in [4.78, 5) is 5.60. The Kier molecular flexibility index (Phi) is 6.74. The minimum Gasteiger partial charge on any atom is -0.502 e. The highest BCUT2D eigenvalue weighted by Crippen LogP contribution is 2.37. The summed E-state index contributed by atoms with van der Waals surface area (Å²) in [6, 6.07) is 7.76. The van der Waals surface area contributed by atoms with Crippen molar-refractivity contribution in [2.45, 2.75) is 25.8 Å². The number of nitrogens with one attached hydrogen (secondary N) is 2. The lowest BCUT2D eigenvalue weighted by Gasteiger charge is -2.25. The van der Waals surface area contributed by atoms with E-state index in [9.17, 15) is 5.11 Å². The van der Waals surface area contributed by atoms with Gasteiger partial charge in [-0.3, -0.25) is 4.99 Å². The number of phenolic OH excluding ortho intramolecular Hbond substituents is 1. The molecule has 2 aromatic rings. The van der Waals surface area contributed by atoms with Crippen molar-refractivity contribution < 1.29 is 14.6 Å². The van der Waals surface area contributed by atoms with Gasteiger partial charge < -0.3 is 25.2 Å². The number of nitrogens with zero attached hydrogens (tertiary/aromatic N) is 1. The van der Waals surface area contributed by atoms with Gasteiger partial charge in [-0.15, -0.1) is 11.3 Å². The predicted octanol–water partition coefficient (Wildman–Crippen LogP) is 3.11. The first-order chi connectivity index (χ1) is 12.4. The highest BCUT2D eigenvalue weighted by atomic mass is 32.1. The van der Waals surface area contributed by atoms with Crippen LogP contribution >= 0.6 is 11.3 Å². The maximum atomic E-state index is 10.00. The highest BCUT2D eigenvalue weighted by molar-refractivity contribution is 7.10. The largest absolute Gasteiger partial charge is 0.502 e. The maximum Gasteiger partial charge on any atom is 0.200 e. The second kappa shape index (κ2) is 8.80. The third kappa shape index (κ3) is 4.82. The van der Waals surface area contributed by atoms with Crippen LogP contribution in [0.2, 0.25) is 0 Å². The van der Waals surface area contributed by atoms with E-state index in [0.717, 1.165) is 12.1 Å². The fourth-order valence-electron chi connectivity index (χ4n) is 2.51. The van der Waals surface area contributed by atoms with E-state index in [0.29, 0.717) is 24.0 Å². The van der Waals surface area contributed by atoms with Gasteiger partial charge in [0.2, 0.25) is 5.75 Å². The molecule has 0 spiro atoms. The first kappa shape index (κ1) is 19.9. The number of rotatable bonds is 7. The van der Waals surface area contributed by atoms with Crippen LogP contribution in [0.4, 0.5) is 0 Å². The van der Waals surface area contributed by atoms with Gasteiger partial charge in [-0.25, -0.2) is 0 Å². The van der Waals surface area contributed by atoms with Gasteiger partial charge in [-0.1, -0.05) is 19.9 Å². The summed E-state index contributed by atoms with van der Waals surface area (Å²) >= 11 is 1.76. The molecular weight excluding hydrogens is 350 g/mol. The van der Waals surface area contributed by atoms with Crippen LogP contribution in [0.1, 0.15) is 24.3 Å². The van der Waals surface area contributed by atoms with Crippen molar-refractivity contribution in [3.63, 3.8) is 0 Å². The number of phenols is 1. The van der Waals surface area contributed by atoms with Gasteiger partial charge in [0.05, 0.1) is 14.2 Å². The van der Waals surface area contributed by atoms with E-state index >= 15 is 0 Å². The van der Waals surface area contributed by atoms with E-state index in [-0.39, 0.29) is 11.2 Å². The van der Waals surface area contributed by atoms with E-state index in [1.807, 2.05) is 0 Å². The van der Waals surface area contributed by atoms with Gasteiger partial charge in [0.1, 0.15) is 0 Å². The van der Waals surface area contributed by atoms with Crippen molar-refractivity contribution in [1.82, 2.24) is 10.6 Å². The molecule has 0 amide bonds. The lowest BCUT2D eigenvalue weighted by atomic mass is 9.91. The maximum absolute atomic E-state index is 10.00. The second-order valence-corrected chi connectivity index (χ2v) is 7.44. The van der Waals surface area contributed by atoms with Crippen LogP contribution < -0.4 is 20.1 Å². The molecule has 0 aliphatic rings. The first-order valence-corrected chi connectivity index (χ1v) is 9.21. The van der Waals surface area contributed by atoms with Crippen molar-refractivity contribution in [3.05, 3.63) is 40.1 Å². The number of benzene rings is 1. The quantitative estimate of drug-likeness (QED) is 0.511. The first-order valence-electron chi connectivity index (χ1n) is 8.33. The standard InChI is InChI=1S/C19H27N3O3S/c1-19(2,16-7-6-8-26-16)12-22-18(20-3)21-11-13-9-14(24-4)17(23)15(10-13)25-5/h6-10,23H,11-12H2,1-5H3,(H2,20,21,22). The predicted molar refractivity (Wildman–Crippen MR) is 107 cm³/mol. The summed E-state index contributed by atoms with van der Waals surface area (Å²) < 4.78 is 10.4. The van der Waals surface area contributed by atoms with Gasteiger partial charge in [-0.2, -0.15) is 0 Å². The average Bonchev–Trinajstić information content (AvgIpc) is 3.18. The molecule has 0 atom stereocenters. The fourth-order valence-corrected chi connectivity index (χ4v) is 3.36. The van der Waals surface area contributed by atoms with Crippen LogP contribution in [0.5, 0.6) is 17.2 Å². The second-order valence-electron chi connectivity index (χ2n) is 6.49. The zero-order valence-corrected chi connectivity index (χ0v) is 16.7. The molecule has 1 aromatic heterocycles. The lowest BCUT2D eigenvalue weighted by Crippen LogP contribution is -2.42. The number of aromatic hydroxyl groups is 1. The Morgan fingerprint density at radius 1 is 1.19 bits per heavy atom. The van der Waals surface area contributed by atoms with Gasteiger partial charge in [0.15, 0.2) is 17.5 Å². The topological polar surface area (TPSA) is 75.1 Å². The van der Waals surface area contributed by atoms with E-state index < -0.39 is 0 Å². The smallest absolute Gasteiger partial charge is 0.200 e. The van der Waals surface area contributed by atoms with Gasteiger partial charge >= 0.3 is 0 Å². The molecule has 0 aliphatic carbocycles. The number of guanidine groups is 1. The minimum atomic E-state index is -0.000968. The number of thiophene rings is 1. The molecule has 1 aromatic carbocycles. The van der Waals surface area contributed by atoms with Crippen molar-refractivity contribution in [2.24, 2.45) is 4.99 Å². The molecule has 0 radical (unpaired) electrons. The summed E-state index contributed by atoms with van der Waals surface area (Å²) in [5, 5.41) is 18.7. The van der Waals surface area contributed by atoms with Gasteiger partial charge in [0.25, 0.3) is 0 Å². The number of aliphatic imine (C=N–C) groups is 1. The number of ether oxygens (including phenoxy) is 2. The van der Waals surface area contributed by atoms with Crippen LogP contribution in [0, 0.1) is 0 Å². The Morgan fingerprint density at radius 2 is 1.85 bits per heavy atom. The SMILES string of the molecule is CN=C(NCc1cc(OC)c(O)c(OC)c1)NCC(C)(C)c1cccs1. The summed E-state index contributed by atoms with van der Waals surface area (Å²) in [5.41, 5.74) is 0.925.